The average molecular weight is 484 g/mol. The molecular weight excluding hydrogens is 446 g/mol. The van der Waals surface area contributed by atoms with Gasteiger partial charge in [0.15, 0.2) is 0 Å². The fraction of sp³-hybridized carbons (Fsp3) is 0.500. The van der Waals surface area contributed by atoms with Crippen molar-refractivity contribution in [3.05, 3.63) is 58.4 Å². The molecule has 34 heavy (non-hydrogen) atoms. The molecule has 0 aliphatic rings. The van der Waals surface area contributed by atoms with E-state index in [0.29, 0.717) is 13.0 Å². The molecule has 0 saturated carbocycles. The molecule has 1 aromatic heterocycles. The van der Waals surface area contributed by atoms with E-state index in [9.17, 15) is 4.79 Å². The molecule has 184 valence electrons. The number of carbonyl (C=O) groups excluding carboxylic acids is 1. The van der Waals surface area contributed by atoms with Crippen molar-refractivity contribution in [3.8, 4) is 5.75 Å². The molecule has 0 bridgehead atoms. The van der Waals surface area contributed by atoms with Crippen LogP contribution in [0.3, 0.4) is 0 Å². The predicted molar refractivity (Wildman–Crippen MR) is 141 cm³/mol. The number of para-hydroxylation sites is 2. The van der Waals surface area contributed by atoms with Crippen LogP contribution in [0.4, 0.5) is 0 Å². The van der Waals surface area contributed by atoms with Gasteiger partial charge in [0.05, 0.1) is 17.6 Å². The van der Waals surface area contributed by atoms with Gasteiger partial charge < -0.3 is 14.6 Å². The molecule has 0 atom stereocenters. The highest BCUT2D eigenvalue weighted by atomic mass is 35.5. The SMILES string of the molecule is CCCC(=O)NCCCCCc1nc2ccccc2n1CCCCOc1cc(C)c(Cl)c(C)c1. The van der Waals surface area contributed by atoms with Crippen LogP contribution in [0.25, 0.3) is 11.0 Å². The highest BCUT2D eigenvalue weighted by Crippen LogP contribution is 2.26. The molecule has 0 unspecified atom stereocenters. The molecule has 0 aliphatic carbocycles. The van der Waals surface area contributed by atoms with E-state index in [-0.39, 0.29) is 5.91 Å². The molecule has 0 radical (unpaired) electrons. The van der Waals surface area contributed by atoms with Crippen LogP contribution in [0.1, 0.15) is 68.8 Å². The Labute approximate surface area is 208 Å². The van der Waals surface area contributed by atoms with Crippen LogP contribution in [0.15, 0.2) is 36.4 Å². The number of imidazole rings is 1. The Morgan fingerprint density at radius 1 is 1.06 bits per heavy atom. The Morgan fingerprint density at radius 2 is 1.82 bits per heavy atom. The van der Waals surface area contributed by atoms with Crippen LogP contribution in [0, 0.1) is 13.8 Å². The second-order valence-corrected chi connectivity index (χ2v) is 9.38. The highest BCUT2D eigenvalue weighted by Gasteiger charge is 2.10. The first kappa shape index (κ1) is 26.1. The van der Waals surface area contributed by atoms with Crippen LogP contribution in [0.5, 0.6) is 5.75 Å². The number of aromatic nitrogens is 2. The van der Waals surface area contributed by atoms with Crippen LogP contribution >= 0.6 is 11.6 Å². The van der Waals surface area contributed by atoms with Gasteiger partial charge in [-0.3, -0.25) is 4.79 Å². The van der Waals surface area contributed by atoms with Crippen molar-refractivity contribution in [1.29, 1.82) is 0 Å². The number of fused-ring (bicyclic) bond motifs is 1. The first-order valence-corrected chi connectivity index (χ1v) is 13.0. The fourth-order valence-corrected chi connectivity index (χ4v) is 4.35. The second kappa shape index (κ2) is 13.4. The lowest BCUT2D eigenvalue weighted by Gasteiger charge is -2.12. The van der Waals surface area contributed by atoms with E-state index in [1.165, 1.54) is 5.52 Å². The van der Waals surface area contributed by atoms with E-state index in [1.807, 2.05) is 39.0 Å². The number of amides is 1. The lowest BCUT2D eigenvalue weighted by molar-refractivity contribution is -0.121. The van der Waals surface area contributed by atoms with Gasteiger partial charge in [-0.1, -0.05) is 37.1 Å². The van der Waals surface area contributed by atoms with Gasteiger partial charge in [-0.15, -0.1) is 0 Å². The Bertz CT molecular complexity index is 1050. The van der Waals surface area contributed by atoms with Crippen LogP contribution in [-0.4, -0.2) is 28.6 Å². The minimum Gasteiger partial charge on any atom is -0.494 e. The molecule has 2 aromatic carbocycles. The number of carbonyl (C=O) groups is 1. The molecule has 5 nitrogen and oxygen atoms in total. The first-order chi connectivity index (χ1) is 16.5. The lowest BCUT2D eigenvalue weighted by atomic mass is 10.1. The normalized spacial score (nSPS) is 11.2. The zero-order valence-corrected chi connectivity index (χ0v) is 21.6. The van der Waals surface area contributed by atoms with Crippen molar-refractivity contribution >= 4 is 28.5 Å². The van der Waals surface area contributed by atoms with Crippen molar-refractivity contribution in [2.45, 2.75) is 78.7 Å². The number of hydrogen-bond acceptors (Lipinski definition) is 3. The maximum absolute atomic E-state index is 11.6. The van der Waals surface area contributed by atoms with Crippen LogP contribution in [-0.2, 0) is 17.8 Å². The number of hydrogen-bond donors (Lipinski definition) is 1. The van der Waals surface area contributed by atoms with Crippen molar-refractivity contribution in [3.63, 3.8) is 0 Å². The van der Waals surface area contributed by atoms with Gasteiger partial charge in [-0.2, -0.15) is 0 Å². The summed E-state index contributed by atoms with van der Waals surface area (Å²) in [4.78, 5) is 16.5. The minimum absolute atomic E-state index is 0.162. The third kappa shape index (κ3) is 7.49. The Hall–Kier alpha value is -2.53. The molecule has 0 spiro atoms. The Morgan fingerprint density at radius 3 is 2.59 bits per heavy atom. The summed E-state index contributed by atoms with van der Waals surface area (Å²) < 4.78 is 8.35. The van der Waals surface area contributed by atoms with Gasteiger partial charge in [0.1, 0.15) is 11.6 Å². The van der Waals surface area contributed by atoms with E-state index >= 15 is 0 Å². The maximum Gasteiger partial charge on any atom is 0.219 e. The molecular formula is C28H38ClN3O2. The number of rotatable bonds is 14. The largest absolute Gasteiger partial charge is 0.494 e. The Kier molecular flexibility index (Phi) is 10.3. The van der Waals surface area contributed by atoms with E-state index in [1.54, 1.807) is 0 Å². The smallest absolute Gasteiger partial charge is 0.219 e. The molecule has 0 fully saturated rings. The zero-order chi connectivity index (χ0) is 24.3. The van der Waals surface area contributed by atoms with Gasteiger partial charge in [-0.05, 0) is 81.3 Å². The molecule has 1 heterocycles. The van der Waals surface area contributed by atoms with E-state index in [0.717, 1.165) is 91.3 Å². The molecule has 3 rings (SSSR count). The predicted octanol–water partition coefficient (Wildman–Crippen LogP) is 6.79. The summed E-state index contributed by atoms with van der Waals surface area (Å²) in [5.74, 6) is 2.20. The topological polar surface area (TPSA) is 56.2 Å². The number of nitrogens with zero attached hydrogens (tertiary/aromatic N) is 2. The zero-order valence-electron chi connectivity index (χ0n) is 20.8. The van der Waals surface area contributed by atoms with Crippen LogP contribution in [0.2, 0.25) is 5.02 Å². The van der Waals surface area contributed by atoms with Gasteiger partial charge in [0.2, 0.25) is 5.91 Å². The van der Waals surface area contributed by atoms with Gasteiger partial charge in [0.25, 0.3) is 0 Å². The highest BCUT2D eigenvalue weighted by molar-refractivity contribution is 6.32. The third-order valence-electron chi connectivity index (χ3n) is 6.06. The average Bonchev–Trinajstić information content (AvgIpc) is 3.17. The molecule has 0 aliphatic heterocycles. The molecule has 1 amide bonds. The summed E-state index contributed by atoms with van der Waals surface area (Å²) in [5.41, 5.74) is 4.37. The summed E-state index contributed by atoms with van der Waals surface area (Å²) >= 11 is 6.26. The summed E-state index contributed by atoms with van der Waals surface area (Å²) in [6.07, 6.45) is 7.65. The fourth-order valence-electron chi connectivity index (χ4n) is 4.25. The lowest BCUT2D eigenvalue weighted by Crippen LogP contribution is -2.23. The van der Waals surface area contributed by atoms with Crippen molar-refractivity contribution in [1.82, 2.24) is 14.9 Å². The van der Waals surface area contributed by atoms with Crippen molar-refractivity contribution < 1.29 is 9.53 Å². The Balaban J connectivity index is 1.47. The summed E-state index contributed by atoms with van der Waals surface area (Å²) in [7, 11) is 0. The maximum atomic E-state index is 11.6. The van der Waals surface area contributed by atoms with E-state index in [4.69, 9.17) is 21.3 Å². The second-order valence-electron chi connectivity index (χ2n) is 9.01. The van der Waals surface area contributed by atoms with E-state index in [2.05, 4.69) is 28.1 Å². The monoisotopic (exact) mass is 483 g/mol. The number of benzene rings is 2. The number of ether oxygens (including phenoxy) is 1. The minimum atomic E-state index is 0.162. The van der Waals surface area contributed by atoms with Crippen molar-refractivity contribution in [2.75, 3.05) is 13.2 Å². The standard InChI is InChI=1S/C28H38ClN3O2/c1-4-12-27(33)30-16-9-5-6-15-26-31-24-13-7-8-14-25(24)32(26)17-10-11-18-34-23-19-21(2)28(29)22(3)20-23/h7-8,13-14,19-20H,4-6,9-12,15-18H2,1-3H3,(H,30,33). The van der Waals surface area contributed by atoms with Gasteiger partial charge >= 0.3 is 0 Å². The molecule has 1 N–H and O–H groups in total. The van der Waals surface area contributed by atoms with Gasteiger partial charge in [-0.25, -0.2) is 4.98 Å². The number of halogens is 1. The molecule has 3 aromatic rings. The summed E-state index contributed by atoms with van der Waals surface area (Å²) in [6, 6.07) is 12.4. The quantitative estimate of drug-likeness (QED) is 0.257. The first-order valence-electron chi connectivity index (χ1n) is 12.6. The number of aryl methyl sites for hydroxylation is 4. The number of nitrogens with one attached hydrogen (secondary N) is 1. The number of unbranched alkanes of at least 4 members (excludes halogenated alkanes) is 3. The molecule has 0 saturated heterocycles. The summed E-state index contributed by atoms with van der Waals surface area (Å²) in [6.45, 7) is 8.44. The van der Waals surface area contributed by atoms with E-state index < -0.39 is 0 Å². The summed E-state index contributed by atoms with van der Waals surface area (Å²) in [5, 5.41) is 3.81. The van der Waals surface area contributed by atoms with Crippen molar-refractivity contribution in [2.24, 2.45) is 0 Å². The van der Waals surface area contributed by atoms with Gasteiger partial charge in [0, 0.05) is 31.0 Å². The third-order valence-corrected chi connectivity index (χ3v) is 6.66. The van der Waals surface area contributed by atoms with Crippen LogP contribution < -0.4 is 10.1 Å². The molecule has 6 heteroatoms.